The van der Waals surface area contributed by atoms with Gasteiger partial charge in [-0.1, -0.05) is 6.92 Å². The first-order valence-electron chi connectivity index (χ1n) is 9.82. The lowest BCUT2D eigenvalue weighted by Crippen LogP contribution is -2.28. The number of rotatable bonds is 10. The van der Waals surface area contributed by atoms with E-state index in [0.29, 0.717) is 31.9 Å². The number of furan rings is 1. The molecular formula is C20H27N5O4. The molecule has 0 aliphatic carbocycles. The quantitative estimate of drug-likeness (QED) is 0.521. The minimum absolute atomic E-state index is 0.187. The van der Waals surface area contributed by atoms with Gasteiger partial charge in [-0.3, -0.25) is 14.2 Å². The molecule has 3 heterocycles. The van der Waals surface area contributed by atoms with Crippen molar-refractivity contribution in [1.82, 2.24) is 24.4 Å². The van der Waals surface area contributed by atoms with Crippen molar-refractivity contribution in [3.05, 3.63) is 46.2 Å². The summed E-state index contributed by atoms with van der Waals surface area (Å²) in [6.45, 7) is 5.98. The van der Waals surface area contributed by atoms with Gasteiger partial charge in [0, 0.05) is 52.2 Å². The smallest absolute Gasteiger partial charge is 0.265 e. The molecular weight excluding hydrogens is 374 g/mol. The van der Waals surface area contributed by atoms with Crippen molar-refractivity contribution in [2.45, 2.75) is 46.2 Å². The molecule has 0 aliphatic rings. The molecule has 0 atom stereocenters. The number of ether oxygens (including phenoxy) is 1. The van der Waals surface area contributed by atoms with E-state index >= 15 is 0 Å². The highest BCUT2D eigenvalue weighted by atomic mass is 16.5. The first-order chi connectivity index (χ1) is 14.1. The summed E-state index contributed by atoms with van der Waals surface area (Å²) in [4.78, 5) is 34.1. The average Bonchev–Trinajstić information content (AvgIpc) is 3.30. The molecule has 3 aromatic heterocycles. The van der Waals surface area contributed by atoms with E-state index in [4.69, 9.17) is 9.15 Å². The van der Waals surface area contributed by atoms with Gasteiger partial charge in [-0.05, 0) is 19.8 Å². The van der Waals surface area contributed by atoms with Gasteiger partial charge in [0.25, 0.3) is 11.5 Å². The molecule has 0 saturated carbocycles. The van der Waals surface area contributed by atoms with Crippen LogP contribution < -0.4 is 10.9 Å². The zero-order valence-corrected chi connectivity index (χ0v) is 17.1. The molecule has 0 saturated heterocycles. The Hall–Kier alpha value is -2.94. The van der Waals surface area contributed by atoms with E-state index < -0.39 is 0 Å². The van der Waals surface area contributed by atoms with Gasteiger partial charge in [-0.2, -0.15) is 0 Å². The number of carbonyl (C=O) groups is 1. The second-order valence-corrected chi connectivity index (χ2v) is 6.80. The van der Waals surface area contributed by atoms with Crippen LogP contribution in [0.15, 0.2) is 27.9 Å². The number of amides is 1. The fourth-order valence-corrected chi connectivity index (χ4v) is 3.35. The van der Waals surface area contributed by atoms with Gasteiger partial charge in [0.15, 0.2) is 0 Å². The highest BCUT2D eigenvalue weighted by molar-refractivity contribution is 6.06. The van der Waals surface area contributed by atoms with Crippen LogP contribution in [0.5, 0.6) is 0 Å². The van der Waals surface area contributed by atoms with Gasteiger partial charge in [-0.15, -0.1) is 0 Å². The van der Waals surface area contributed by atoms with Crippen LogP contribution in [-0.4, -0.2) is 45.3 Å². The Morgan fingerprint density at radius 3 is 2.79 bits per heavy atom. The summed E-state index contributed by atoms with van der Waals surface area (Å²) in [5.41, 5.74) is 0.168. The van der Waals surface area contributed by atoms with E-state index in [9.17, 15) is 9.59 Å². The first kappa shape index (κ1) is 20.8. The number of hydrogen-bond acceptors (Lipinski definition) is 6. The zero-order chi connectivity index (χ0) is 20.8. The number of nitrogens with zero attached hydrogens (tertiary/aromatic N) is 4. The third-order valence-corrected chi connectivity index (χ3v) is 4.81. The summed E-state index contributed by atoms with van der Waals surface area (Å²) in [6, 6.07) is 0. The van der Waals surface area contributed by atoms with Crippen molar-refractivity contribution in [1.29, 1.82) is 0 Å². The minimum Gasteiger partial charge on any atom is -0.442 e. The second-order valence-electron chi connectivity index (χ2n) is 6.80. The van der Waals surface area contributed by atoms with E-state index in [2.05, 4.69) is 26.8 Å². The minimum atomic E-state index is -0.323. The lowest BCUT2D eigenvalue weighted by molar-refractivity contribution is 0.0952. The normalized spacial score (nSPS) is 11.3. The summed E-state index contributed by atoms with van der Waals surface area (Å²) >= 11 is 0. The second kappa shape index (κ2) is 9.51. The maximum absolute atomic E-state index is 12.8. The summed E-state index contributed by atoms with van der Waals surface area (Å²) in [5.74, 6) is 1.09. The van der Waals surface area contributed by atoms with Gasteiger partial charge in [0.1, 0.15) is 23.3 Å². The molecule has 0 fully saturated rings. The molecule has 29 heavy (non-hydrogen) atoms. The summed E-state index contributed by atoms with van der Waals surface area (Å²) in [6.07, 6.45) is 7.46. The number of aromatic nitrogens is 4. The highest BCUT2D eigenvalue weighted by Crippen LogP contribution is 2.20. The standard InChI is InChI=1S/C20H27N5O4/c1-4-15-21-8-11-24(15)9-5-7-22-18(26)16-14(2)29-19-17(16)20(27)25(13-23-19)10-6-12-28-3/h8,11,13H,4-7,9-10,12H2,1-3H3,(H,22,26). The fraction of sp³-hybridized carbons (Fsp3) is 0.500. The Morgan fingerprint density at radius 2 is 2.03 bits per heavy atom. The Labute approximate surface area is 168 Å². The molecule has 1 N–H and O–H groups in total. The molecule has 0 bridgehead atoms. The summed E-state index contributed by atoms with van der Waals surface area (Å²) < 4.78 is 14.1. The molecule has 0 aromatic carbocycles. The van der Waals surface area contributed by atoms with Crippen molar-refractivity contribution in [3.63, 3.8) is 0 Å². The predicted molar refractivity (Wildman–Crippen MR) is 108 cm³/mol. The molecule has 3 rings (SSSR count). The predicted octanol–water partition coefficient (Wildman–Crippen LogP) is 1.91. The molecule has 0 unspecified atom stereocenters. The van der Waals surface area contributed by atoms with Crippen LogP contribution in [0.2, 0.25) is 0 Å². The van der Waals surface area contributed by atoms with Crippen LogP contribution in [0.4, 0.5) is 0 Å². The molecule has 1 amide bonds. The number of carbonyl (C=O) groups excluding carboxylic acids is 1. The third kappa shape index (κ3) is 4.56. The third-order valence-electron chi connectivity index (χ3n) is 4.81. The molecule has 0 aliphatic heterocycles. The van der Waals surface area contributed by atoms with Gasteiger partial charge >= 0.3 is 0 Å². The van der Waals surface area contributed by atoms with Crippen molar-refractivity contribution >= 4 is 17.0 Å². The number of methoxy groups -OCH3 is 1. The van der Waals surface area contributed by atoms with Crippen LogP contribution >= 0.6 is 0 Å². The summed E-state index contributed by atoms with van der Waals surface area (Å²) in [5, 5.41) is 3.11. The maximum atomic E-state index is 12.8. The number of fused-ring (bicyclic) bond motifs is 1. The number of nitrogens with one attached hydrogen (secondary N) is 1. The largest absolute Gasteiger partial charge is 0.442 e. The van der Waals surface area contributed by atoms with Crippen LogP contribution in [0, 0.1) is 6.92 Å². The van der Waals surface area contributed by atoms with Crippen LogP contribution in [0.3, 0.4) is 0 Å². The summed E-state index contributed by atoms with van der Waals surface area (Å²) in [7, 11) is 1.61. The average molecular weight is 401 g/mol. The molecule has 3 aromatic rings. The Kier molecular flexibility index (Phi) is 6.82. The molecule has 0 spiro atoms. The van der Waals surface area contributed by atoms with Crippen molar-refractivity contribution in [3.8, 4) is 0 Å². The lowest BCUT2D eigenvalue weighted by Gasteiger charge is -2.08. The molecule has 0 radical (unpaired) electrons. The maximum Gasteiger partial charge on any atom is 0.265 e. The van der Waals surface area contributed by atoms with E-state index in [1.807, 2.05) is 6.20 Å². The van der Waals surface area contributed by atoms with E-state index in [1.54, 1.807) is 20.2 Å². The lowest BCUT2D eigenvalue weighted by atomic mass is 10.1. The number of hydrogen-bond donors (Lipinski definition) is 1. The zero-order valence-electron chi connectivity index (χ0n) is 17.1. The van der Waals surface area contributed by atoms with Gasteiger partial charge in [0.05, 0.1) is 5.56 Å². The Bertz CT molecular complexity index is 1030. The first-order valence-corrected chi connectivity index (χ1v) is 9.82. The van der Waals surface area contributed by atoms with Gasteiger partial charge in [0.2, 0.25) is 5.71 Å². The molecule has 9 nitrogen and oxygen atoms in total. The highest BCUT2D eigenvalue weighted by Gasteiger charge is 2.22. The van der Waals surface area contributed by atoms with Crippen molar-refractivity contribution in [2.24, 2.45) is 0 Å². The van der Waals surface area contributed by atoms with E-state index in [1.165, 1.54) is 10.9 Å². The Balaban J connectivity index is 1.70. The van der Waals surface area contributed by atoms with Gasteiger partial charge < -0.3 is 19.0 Å². The van der Waals surface area contributed by atoms with Crippen LogP contribution in [0.25, 0.3) is 11.1 Å². The molecule has 156 valence electrons. The topological polar surface area (TPSA) is 104 Å². The Morgan fingerprint density at radius 1 is 1.24 bits per heavy atom. The number of aryl methyl sites for hydroxylation is 4. The molecule has 9 heteroatoms. The van der Waals surface area contributed by atoms with Crippen molar-refractivity contribution in [2.75, 3.05) is 20.3 Å². The fourth-order valence-electron chi connectivity index (χ4n) is 3.35. The number of imidazole rings is 1. The SMILES string of the molecule is CCc1nccn1CCCNC(=O)c1c(C)oc2ncn(CCCOC)c(=O)c12. The van der Waals surface area contributed by atoms with E-state index in [-0.39, 0.29) is 28.1 Å². The van der Waals surface area contributed by atoms with Crippen LogP contribution in [0.1, 0.15) is 41.7 Å². The monoisotopic (exact) mass is 401 g/mol. The van der Waals surface area contributed by atoms with E-state index in [0.717, 1.165) is 25.2 Å². The van der Waals surface area contributed by atoms with Crippen LogP contribution in [-0.2, 0) is 24.2 Å². The van der Waals surface area contributed by atoms with Gasteiger partial charge in [-0.25, -0.2) is 9.97 Å². The van der Waals surface area contributed by atoms with Crippen molar-refractivity contribution < 1.29 is 13.9 Å².